The number of nitrogens with two attached hydrogens (primary N) is 1. The van der Waals surface area contributed by atoms with Crippen LogP contribution in [0, 0.1) is 11.8 Å². The zero-order valence-corrected chi connectivity index (χ0v) is 12.7. The van der Waals surface area contributed by atoms with Crippen LogP contribution in [0.2, 0.25) is 0 Å². The van der Waals surface area contributed by atoms with Crippen molar-refractivity contribution in [3.05, 3.63) is 42.1 Å². The predicted octanol–water partition coefficient (Wildman–Crippen LogP) is 1.08. The van der Waals surface area contributed by atoms with Crippen molar-refractivity contribution in [1.82, 2.24) is 15.6 Å². The first-order valence-electron chi connectivity index (χ1n) is 7.42. The third-order valence-corrected chi connectivity index (χ3v) is 5.70. The Morgan fingerprint density at radius 3 is 3.05 bits per heavy atom. The number of para-hydroxylation sites is 1. The average Bonchev–Trinajstić information content (AvgIpc) is 3.01. The summed E-state index contributed by atoms with van der Waals surface area (Å²) in [5.74, 6) is 0.462. The number of benzene rings is 1. The van der Waals surface area contributed by atoms with Gasteiger partial charge in [-0.25, -0.2) is 0 Å². The maximum absolute atomic E-state index is 12.5. The van der Waals surface area contributed by atoms with E-state index < -0.39 is 4.87 Å². The Morgan fingerprint density at radius 1 is 1.45 bits per heavy atom. The van der Waals surface area contributed by atoms with E-state index in [0.717, 1.165) is 17.4 Å². The molecule has 2 aromatic rings. The van der Waals surface area contributed by atoms with Crippen LogP contribution in [0.1, 0.15) is 10.4 Å². The van der Waals surface area contributed by atoms with E-state index in [4.69, 9.17) is 17.3 Å². The molecule has 4 N–H and O–H groups in total. The molecule has 4 atom stereocenters. The van der Waals surface area contributed by atoms with Crippen LogP contribution < -0.4 is 16.4 Å². The Labute approximate surface area is 133 Å². The van der Waals surface area contributed by atoms with Crippen LogP contribution in [0.5, 0.6) is 0 Å². The molecule has 1 aromatic carbocycles. The third-order valence-electron chi connectivity index (χ3n) is 4.91. The summed E-state index contributed by atoms with van der Waals surface area (Å²) in [6.07, 6.45) is 1.50. The van der Waals surface area contributed by atoms with E-state index in [-0.39, 0.29) is 18.0 Å². The van der Waals surface area contributed by atoms with Gasteiger partial charge in [-0.2, -0.15) is 0 Å². The van der Waals surface area contributed by atoms with Crippen LogP contribution in [0.15, 0.2) is 36.5 Å². The number of pyridine rings is 1. The first-order valence-corrected chi connectivity index (χ1v) is 7.80. The van der Waals surface area contributed by atoms with Crippen LogP contribution in [-0.4, -0.2) is 35.0 Å². The number of amides is 1. The highest BCUT2D eigenvalue weighted by Gasteiger charge is 2.69. The van der Waals surface area contributed by atoms with Crippen LogP contribution in [0.3, 0.4) is 0 Å². The molecule has 1 aliphatic carbocycles. The molecule has 1 amide bonds. The fraction of sp³-hybridized carbons (Fsp3) is 0.375. The van der Waals surface area contributed by atoms with Gasteiger partial charge in [-0.05, 0) is 12.1 Å². The van der Waals surface area contributed by atoms with E-state index >= 15 is 0 Å². The van der Waals surface area contributed by atoms with Crippen molar-refractivity contribution < 1.29 is 4.79 Å². The number of hydrogen-bond donors (Lipinski definition) is 3. The largest absolute Gasteiger partial charge is 0.352 e. The second-order valence-corrected chi connectivity index (χ2v) is 6.67. The van der Waals surface area contributed by atoms with Crippen molar-refractivity contribution in [3.8, 4) is 0 Å². The zero-order valence-electron chi connectivity index (χ0n) is 11.9. The van der Waals surface area contributed by atoms with Gasteiger partial charge in [0.25, 0.3) is 5.91 Å². The number of carbonyl (C=O) groups excluding carboxylic acids is 1. The molecule has 6 heteroatoms. The van der Waals surface area contributed by atoms with E-state index in [0.29, 0.717) is 18.0 Å². The molecular weight excluding hydrogens is 300 g/mol. The molecule has 2 fully saturated rings. The highest BCUT2D eigenvalue weighted by atomic mass is 35.5. The molecule has 1 saturated carbocycles. The topological polar surface area (TPSA) is 80.0 Å². The smallest absolute Gasteiger partial charge is 0.253 e. The Hall–Kier alpha value is -1.69. The molecule has 0 radical (unpaired) electrons. The van der Waals surface area contributed by atoms with Gasteiger partial charge >= 0.3 is 0 Å². The van der Waals surface area contributed by atoms with Gasteiger partial charge in [0, 0.05) is 36.5 Å². The highest BCUT2D eigenvalue weighted by molar-refractivity contribution is 6.27. The predicted molar refractivity (Wildman–Crippen MR) is 85.6 cm³/mol. The number of halogens is 1. The third kappa shape index (κ3) is 1.93. The minimum Gasteiger partial charge on any atom is -0.352 e. The summed E-state index contributed by atoms with van der Waals surface area (Å²) < 4.78 is 0. The molecule has 4 rings (SSSR count). The standard InChI is InChI=1S/C16H17ClN4O/c17-16-11(12(16)8-21-15(16)18)7-20-14(22)10-5-1-3-9-4-2-6-19-13(9)10/h1-6,11-12,15,21H,7-8,18H2,(H,20,22). The van der Waals surface area contributed by atoms with Crippen LogP contribution in [-0.2, 0) is 0 Å². The van der Waals surface area contributed by atoms with Gasteiger partial charge in [0.15, 0.2) is 0 Å². The fourth-order valence-corrected chi connectivity index (χ4v) is 4.05. The lowest BCUT2D eigenvalue weighted by atomic mass is 10.1. The molecule has 1 aromatic heterocycles. The van der Waals surface area contributed by atoms with E-state index in [2.05, 4.69) is 15.6 Å². The van der Waals surface area contributed by atoms with Gasteiger partial charge in [-0.15, -0.1) is 11.6 Å². The van der Waals surface area contributed by atoms with Crippen LogP contribution in [0.4, 0.5) is 0 Å². The molecule has 114 valence electrons. The lowest BCUT2D eigenvalue weighted by Crippen LogP contribution is -2.44. The van der Waals surface area contributed by atoms with Crippen molar-refractivity contribution >= 4 is 28.4 Å². The molecule has 2 heterocycles. The van der Waals surface area contributed by atoms with Crippen molar-refractivity contribution in [1.29, 1.82) is 0 Å². The minimum absolute atomic E-state index is 0.115. The number of hydrogen-bond acceptors (Lipinski definition) is 4. The van der Waals surface area contributed by atoms with Crippen LogP contribution in [0.25, 0.3) is 10.9 Å². The summed E-state index contributed by atoms with van der Waals surface area (Å²) in [6.45, 7) is 1.37. The van der Waals surface area contributed by atoms with Gasteiger partial charge in [-0.1, -0.05) is 18.2 Å². The molecule has 22 heavy (non-hydrogen) atoms. The molecule has 0 spiro atoms. The molecule has 5 nitrogen and oxygen atoms in total. The number of fused-ring (bicyclic) bond motifs is 2. The number of rotatable bonds is 3. The monoisotopic (exact) mass is 316 g/mol. The summed E-state index contributed by atoms with van der Waals surface area (Å²) in [4.78, 5) is 16.4. The number of nitrogens with one attached hydrogen (secondary N) is 2. The maximum atomic E-state index is 12.5. The van der Waals surface area contributed by atoms with Gasteiger partial charge in [0.1, 0.15) is 0 Å². The number of alkyl halides is 1. The molecule has 4 unspecified atom stereocenters. The molecule has 0 bridgehead atoms. The summed E-state index contributed by atoms with van der Waals surface area (Å²) in [5.41, 5.74) is 7.28. The Kier molecular flexibility index (Phi) is 3.11. The molecule has 1 saturated heterocycles. The summed E-state index contributed by atoms with van der Waals surface area (Å²) >= 11 is 6.53. The van der Waals surface area contributed by atoms with Gasteiger partial charge in [0.05, 0.1) is 22.1 Å². The average molecular weight is 317 g/mol. The second-order valence-electron chi connectivity index (χ2n) is 6.02. The quantitative estimate of drug-likeness (QED) is 0.740. The lowest BCUT2D eigenvalue weighted by Gasteiger charge is -2.16. The number of aromatic nitrogens is 1. The van der Waals surface area contributed by atoms with Crippen LogP contribution >= 0.6 is 11.6 Å². The van der Waals surface area contributed by atoms with Crippen molar-refractivity contribution in [3.63, 3.8) is 0 Å². The van der Waals surface area contributed by atoms with E-state index in [1.54, 1.807) is 12.3 Å². The summed E-state index contributed by atoms with van der Waals surface area (Å²) in [5, 5.41) is 7.09. The molecular formula is C16H17ClN4O. The van der Waals surface area contributed by atoms with Crippen molar-refractivity contribution in [2.45, 2.75) is 11.0 Å². The lowest BCUT2D eigenvalue weighted by molar-refractivity contribution is 0.0952. The normalized spacial score (nSPS) is 32.7. The number of piperidine rings is 1. The summed E-state index contributed by atoms with van der Waals surface area (Å²) in [7, 11) is 0. The van der Waals surface area contributed by atoms with E-state index in [9.17, 15) is 4.79 Å². The molecule has 1 aliphatic heterocycles. The van der Waals surface area contributed by atoms with Gasteiger partial charge in [0.2, 0.25) is 0 Å². The van der Waals surface area contributed by atoms with Crippen molar-refractivity contribution in [2.75, 3.05) is 13.1 Å². The Morgan fingerprint density at radius 2 is 2.27 bits per heavy atom. The van der Waals surface area contributed by atoms with Gasteiger partial charge < -0.3 is 16.4 Å². The highest BCUT2D eigenvalue weighted by Crippen LogP contribution is 2.59. The van der Waals surface area contributed by atoms with Crippen molar-refractivity contribution in [2.24, 2.45) is 17.6 Å². The first kappa shape index (κ1) is 13.9. The Bertz CT molecular complexity index is 747. The SMILES string of the molecule is NC1NCC2C(CNC(=O)c3cccc4cccnc34)C12Cl. The Balaban J connectivity index is 1.49. The second kappa shape index (κ2) is 4.91. The fourth-order valence-electron chi connectivity index (χ4n) is 3.58. The van der Waals surface area contributed by atoms with Gasteiger partial charge in [-0.3, -0.25) is 9.78 Å². The maximum Gasteiger partial charge on any atom is 0.253 e. The zero-order chi connectivity index (χ0) is 15.3. The number of carbonyl (C=O) groups is 1. The van der Waals surface area contributed by atoms with E-state index in [1.165, 1.54) is 0 Å². The summed E-state index contributed by atoms with van der Waals surface area (Å²) in [6, 6.07) is 9.42. The minimum atomic E-state index is -0.399. The molecule has 2 aliphatic rings. The number of nitrogens with zero attached hydrogens (tertiary/aromatic N) is 1. The first-order chi connectivity index (χ1) is 10.6. The van der Waals surface area contributed by atoms with E-state index in [1.807, 2.05) is 24.3 Å².